The summed E-state index contributed by atoms with van der Waals surface area (Å²) < 4.78 is 35.8. The van der Waals surface area contributed by atoms with Crippen LogP contribution in [0.15, 0.2) is 70.5 Å². The van der Waals surface area contributed by atoms with Crippen LogP contribution in [0.2, 0.25) is 0 Å². The highest BCUT2D eigenvalue weighted by atomic mass is 19.1. The Labute approximate surface area is 358 Å². The zero-order chi connectivity index (χ0) is 46.0. The number of para-hydroxylation sites is 1. The molecule has 1 unspecified atom stereocenters. The van der Waals surface area contributed by atoms with E-state index < -0.39 is 108 Å². The second-order valence-corrected chi connectivity index (χ2v) is 15.3. The number of amides is 5. The lowest BCUT2D eigenvalue weighted by Crippen LogP contribution is -2.63. The van der Waals surface area contributed by atoms with Crippen LogP contribution in [0.3, 0.4) is 0 Å². The topological polar surface area (TPSA) is 309 Å². The number of nitrogens with two attached hydrogens (primary N) is 2. The van der Waals surface area contributed by atoms with Gasteiger partial charge in [0.1, 0.15) is 35.9 Å². The van der Waals surface area contributed by atoms with Crippen LogP contribution in [0.5, 0.6) is 0 Å². The van der Waals surface area contributed by atoms with E-state index in [-0.39, 0.29) is 31.4 Å². The monoisotopic (exact) mass is 882 g/mol. The molecule has 2 aromatic heterocycles. The summed E-state index contributed by atoms with van der Waals surface area (Å²) in [4.78, 5) is 97.9. The number of carbonyl (C=O) groups excluding carboxylic acids is 4. The summed E-state index contributed by atoms with van der Waals surface area (Å²) in [7, 11) is 1.36. The molecule has 1 fully saturated rings. The Morgan fingerprint density at radius 3 is 2.40 bits per heavy atom. The number of hydrogen-bond acceptors (Lipinski definition) is 11. The first kappa shape index (κ1) is 47.6. The molecule has 2 aromatic carbocycles. The van der Waals surface area contributed by atoms with Gasteiger partial charge >= 0.3 is 17.7 Å². The summed E-state index contributed by atoms with van der Waals surface area (Å²) >= 11 is 0. The van der Waals surface area contributed by atoms with E-state index in [1.807, 2.05) is 0 Å². The van der Waals surface area contributed by atoms with E-state index >= 15 is 4.39 Å². The number of unbranched alkanes of at least 4 members (excludes halogenated alkanes) is 1. The molecule has 63 heavy (non-hydrogen) atoms. The first-order valence-electron chi connectivity index (χ1n) is 20.2. The second-order valence-electron chi connectivity index (χ2n) is 15.3. The molecule has 8 atom stereocenters. The highest BCUT2D eigenvalue weighted by molar-refractivity contribution is 5.94. The molecule has 5 amide bonds. The molecule has 3 heterocycles. The van der Waals surface area contributed by atoms with E-state index in [9.17, 15) is 48.2 Å². The zero-order valence-electron chi connectivity index (χ0n) is 34.5. The van der Waals surface area contributed by atoms with Crippen LogP contribution < -0.4 is 44.0 Å². The Kier molecular flexibility index (Phi) is 16.3. The third-order valence-corrected chi connectivity index (χ3v) is 10.9. The Hall–Kier alpha value is -6.49. The first-order chi connectivity index (χ1) is 30.0. The minimum atomic E-state index is -1.72. The molecular weight excluding hydrogens is 831 g/mol. The number of aliphatic carboxylic acids is 1. The van der Waals surface area contributed by atoms with Crippen LogP contribution in [0, 0.1) is 11.6 Å². The van der Waals surface area contributed by atoms with Crippen LogP contribution in [0.25, 0.3) is 10.9 Å². The van der Waals surface area contributed by atoms with E-state index in [1.54, 1.807) is 30.5 Å². The first-order valence-corrected chi connectivity index (χ1v) is 20.2. The fraction of sp³-hybridized carbons (Fsp3) is 0.439. The van der Waals surface area contributed by atoms with Gasteiger partial charge in [0.15, 0.2) is 6.23 Å². The molecule has 4 aromatic rings. The Balaban J connectivity index is 1.38. The van der Waals surface area contributed by atoms with E-state index in [0.29, 0.717) is 36.4 Å². The number of H-pyrrole nitrogens is 2. The molecule has 20 nitrogen and oxygen atoms in total. The third kappa shape index (κ3) is 12.3. The minimum absolute atomic E-state index is 0.0683. The number of hydrogen-bond donors (Lipinski definition) is 10. The predicted molar refractivity (Wildman–Crippen MR) is 223 cm³/mol. The molecule has 0 saturated carbocycles. The molecular formula is C41H52F2N10O10. The normalized spacial score (nSPS) is 18.4. The number of ether oxygens (including phenoxy) is 1. The van der Waals surface area contributed by atoms with Gasteiger partial charge in [0.2, 0.25) is 17.7 Å². The van der Waals surface area contributed by atoms with Crippen LogP contribution in [0.1, 0.15) is 50.0 Å². The van der Waals surface area contributed by atoms with E-state index in [0.717, 1.165) is 39.4 Å². The van der Waals surface area contributed by atoms with Crippen LogP contribution in [0.4, 0.5) is 13.6 Å². The summed E-state index contributed by atoms with van der Waals surface area (Å²) in [6, 6.07) is 2.59. The zero-order valence-corrected chi connectivity index (χ0v) is 34.5. The summed E-state index contributed by atoms with van der Waals surface area (Å²) in [5.74, 6) is -5.93. The molecule has 0 aliphatic carbocycles. The smallest absolute Gasteiger partial charge is 0.330 e. The van der Waals surface area contributed by atoms with Crippen molar-refractivity contribution in [2.75, 3.05) is 20.1 Å². The lowest BCUT2D eigenvalue weighted by Gasteiger charge is -2.34. The molecule has 1 aliphatic rings. The van der Waals surface area contributed by atoms with Crippen LogP contribution in [-0.4, -0.2) is 122 Å². The van der Waals surface area contributed by atoms with Gasteiger partial charge in [-0.05, 0) is 49.6 Å². The van der Waals surface area contributed by atoms with Gasteiger partial charge in [-0.1, -0.05) is 30.7 Å². The molecule has 1 aliphatic heterocycles. The molecule has 5 rings (SSSR count). The third-order valence-electron chi connectivity index (χ3n) is 10.9. The Morgan fingerprint density at radius 2 is 1.70 bits per heavy atom. The molecule has 340 valence electrons. The number of aliphatic hydroxyl groups is 1. The molecule has 22 heteroatoms. The van der Waals surface area contributed by atoms with Gasteiger partial charge in [-0.2, -0.15) is 0 Å². The van der Waals surface area contributed by atoms with Gasteiger partial charge < -0.3 is 57.6 Å². The molecule has 1 saturated heterocycles. The second kappa shape index (κ2) is 21.5. The van der Waals surface area contributed by atoms with Gasteiger partial charge in [0.05, 0.1) is 18.2 Å². The van der Waals surface area contributed by atoms with Crippen LogP contribution >= 0.6 is 0 Å². The van der Waals surface area contributed by atoms with E-state index in [2.05, 4.69) is 31.2 Å². The number of rotatable bonds is 20. The predicted octanol–water partition coefficient (Wildman–Crippen LogP) is -0.545. The van der Waals surface area contributed by atoms with Crippen molar-refractivity contribution >= 4 is 40.6 Å². The van der Waals surface area contributed by atoms with Gasteiger partial charge in [-0.15, -0.1) is 0 Å². The number of benzene rings is 2. The van der Waals surface area contributed by atoms with Gasteiger partial charge in [-0.25, -0.2) is 23.2 Å². The maximum atomic E-state index is 15.0. The summed E-state index contributed by atoms with van der Waals surface area (Å²) in [6.07, 6.45) is -0.0441. The maximum absolute atomic E-state index is 15.0. The molecule has 0 spiro atoms. The number of aliphatic hydroxyl groups excluding tert-OH is 1. The number of halogens is 2. The van der Waals surface area contributed by atoms with Crippen molar-refractivity contribution in [1.82, 2.24) is 40.7 Å². The Bertz CT molecular complexity index is 2390. The lowest BCUT2D eigenvalue weighted by molar-refractivity contribution is -0.139. The van der Waals surface area contributed by atoms with E-state index in [1.165, 1.54) is 14.0 Å². The molecule has 12 N–H and O–H groups in total. The van der Waals surface area contributed by atoms with Crippen molar-refractivity contribution in [2.24, 2.45) is 11.5 Å². The average molecular weight is 883 g/mol. The fourth-order valence-corrected chi connectivity index (χ4v) is 7.24. The van der Waals surface area contributed by atoms with Crippen molar-refractivity contribution in [3.05, 3.63) is 105 Å². The number of fused-ring (bicyclic) bond motifs is 1. The van der Waals surface area contributed by atoms with Gasteiger partial charge in [0.25, 0.3) is 5.56 Å². The quantitative estimate of drug-likeness (QED) is 0.0501. The molecule has 0 radical (unpaired) electrons. The molecule has 0 bridgehead atoms. The lowest BCUT2D eigenvalue weighted by atomic mass is 10.0. The number of nitrogens with zero attached hydrogens (tertiary/aromatic N) is 2. The maximum Gasteiger partial charge on any atom is 0.330 e. The van der Waals surface area contributed by atoms with Crippen molar-refractivity contribution in [3.63, 3.8) is 0 Å². The standard InChI is InChI=1S/C41H52F2N10O10/c1-21(52(2)37(58)28(45)8-5-6-13-44)34(36(57)47-20-25-18-32(54)38(63-25)53-14-12-33(55)50-41(53)62)51-35(56)30(15-22-10-11-24(42)17-27(22)43)48-40(61)49-31(39(59)60)16-23-19-46-29-9-4-3-7-26(23)29/h3-4,7,9-12,14,17,19,21,25,28,30-32,34,38,46,54H,5-6,8,13,15-16,18,20,44-45H2,1-2H3,(H,47,57)(H,51,56)(H,59,60)(H2,48,49,61)(H,50,55,62)/t21-,25+,28-,30-,31-,32+,34?,38+/m0/s1. The number of aromatic nitrogens is 3. The van der Waals surface area contributed by atoms with Crippen LogP contribution in [-0.2, 0) is 36.8 Å². The SMILES string of the molecule is C[C@@H](C(NC(=O)[C@H](Cc1ccc(F)cc1F)NC(=O)N[C@@H](Cc1c[nH]c2ccccc12)C(=O)O)C(=O)NC[C@H]1C[C@@H](O)[C@H](n2ccc(=O)[nH]c2=O)O1)N(C)C(=O)[C@@H](N)CCCCN. The van der Waals surface area contributed by atoms with Crippen molar-refractivity contribution in [2.45, 2.75) is 94.1 Å². The minimum Gasteiger partial charge on any atom is -0.480 e. The van der Waals surface area contributed by atoms with Gasteiger partial charge in [-0.3, -0.25) is 28.7 Å². The highest BCUT2D eigenvalue weighted by Gasteiger charge is 2.39. The summed E-state index contributed by atoms with van der Waals surface area (Å²) in [5, 5.41) is 31.3. The van der Waals surface area contributed by atoms with Crippen molar-refractivity contribution in [3.8, 4) is 0 Å². The van der Waals surface area contributed by atoms with Crippen molar-refractivity contribution in [1.29, 1.82) is 0 Å². The fourth-order valence-electron chi connectivity index (χ4n) is 7.24. The Morgan fingerprint density at radius 1 is 0.984 bits per heavy atom. The number of aromatic amines is 2. The number of likely N-dealkylation sites (N-methyl/N-ethyl adjacent to an activating group) is 1. The van der Waals surface area contributed by atoms with E-state index in [4.69, 9.17) is 16.2 Å². The highest BCUT2D eigenvalue weighted by Crippen LogP contribution is 2.27. The van der Waals surface area contributed by atoms with Gasteiger partial charge in [0, 0.05) is 68.3 Å². The number of nitrogens with one attached hydrogen (secondary N) is 6. The number of carboxylic acid groups (broad SMARTS) is 1. The largest absolute Gasteiger partial charge is 0.480 e. The summed E-state index contributed by atoms with van der Waals surface area (Å²) in [6.45, 7) is 1.54. The van der Waals surface area contributed by atoms with Crippen molar-refractivity contribution < 1.29 is 47.7 Å². The average Bonchev–Trinajstić information content (AvgIpc) is 3.83. The summed E-state index contributed by atoms with van der Waals surface area (Å²) in [5.41, 5.74) is 11.3. The number of carbonyl (C=O) groups is 5. The number of carboxylic acids is 1. The number of urea groups is 1.